The Morgan fingerprint density at radius 3 is 2.63 bits per heavy atom. The van der Waals surface area contributed by atoms with Crippen LogP contribution in [-0.2, 0) is 16.1 Å². The topological polar surface area (TPSA) is 64.3 Å². The van der Waals surface area contributed by atoms with E-state index in [1.54, 1.807) is 0 Å². The van der Waals surface area contributed by atoms with Crippen LogP contribution in [0.4, 0.5) is 0 Å². The van der Waals surface area contributed by atoms with Crippen molar-refractivity contribution in [3.8, 4) is 0 Å². The van der Waals surface area contributed by atoms with Crippen molar-refractivity contribution < 1.29 is 9.53 Å². The number of carbonyl (C=O) groups excluding carboxylic acids is 1. The molecule has 0 bridgehead atoms. The van der Waals surface area contributed by atoms with Crippen LogP contribution in [0.5, 0.6) is 0 Å². The van der Waals surface area contributed by atoms with Gasteiger partial charge in [-0.3, -0.25) is 4.79 Å². The summed E-state index contributed by atoms with van der Waals surface area (Å²) in [6.07, 6.45) is 2.35. The molecule has 1 aliphatic carbocycles. The lowest BCUT2D eigenvalue weighted by Gasteiger charge is -2.15. The first-order chi connectivity index (χ1) is 8.79. The molecule has 3 N–H and O–H groups in total. The Labute approximate surface area is 120 Å². The number of carbonyl (C=O) groups is 1. The van der Waals surface area contributed by atoms with E-state index >= 15 is 0 Å². The van der Waals surface area contributed by atoms with Crippen LogP contribution in [0.3, 0.4) is 0 Å². The molecule has 1 saturated carbocycles. The average molecular weight is 285 g/mol. The molecule has 1 aliphatic rings. The third-order valence-electron chi connectivity index (χ3n) is 3.14. The van der Waals surface area contributed by atoms with Gasteiger partial charge in [-0.1, -0.05) is 30.3 Å². The molecule has 5 heteroatoms. The first kappa shape index (κ1) is 16.0. The zero-order chi connectivity index (χ0) is 12.8. The Morgan fingerprint density at radius 1 is 1.37 bits per heavy atom. The van der Waals surface area contributed by atoms with E-state index in [0.29, 0.717) is 19.1 Å². The minimum atomic E-state index is -0.0757. The van der Waals surface area contributed by atoms with Crippen molar-refractivity contribution in [2.45, 2.75) is 25.5 Å². The minimum Gasteiger partial charge on any atom is -0.367 e. The first-order valence-electron chi connectivity index (χ1n) is 6.40. The Kier molecular flexibility index (Phi) is 6.84. The lowest BCUT2D eigenvalue weighted by molar-refractivity contribution is -0.126. The lowest BCUT2D eigenvalue weighted by atomic mass is 10.2. The number of amides is 1. The zero-order valence-corrected chi connectivity index (χ0v) is 11.7. The molecule has 1 atom stereocenters. The SMILES string of the molecule is Cl.NCC(NC(=O)COCc1ccccc1)C1CC1. The second-order valence-electron chi connectivity index (χ2n) is 4.73. The van der Waals surface area contributed by atoms with Crippen LogP contribution < -0.4 is 11.1 Å². The maximum Gasteiger partial charge on any atom is 0.246 e. The van der Waals surface area contributed by atoms with Crippen LogP contribution in [0, 0.1) is 5.92 Å². The summed E-state index contributed by atoms with van der Waals surface area (Å²) in [7, 11) is 0. The highest BCUT2D eigenvalue weighted by Gasteiger charge is 2.31. The molecule has 0 heterocycles. The number of hydrogen-bond acceptors (Lipinski definition) is 3. The van der Waals surface area contributed by atoms with Crippen LogP contribution in [-0.4, -0.2) is 25.1 Å². The highest BCUT2D eigenvalue weighted by atomic mass is 35.5. The van der Waals surface area contributed by atoms with Gasteiger partial charge in [-0.05, 0) is 24.3 Å². The van der Waals surface area contributed by atoms with Crippen molar-refractivity contribution in [1.82, 2.24) is 5.32 Å². The third kappa shape index (κ3) is 5.59. The third-order valence-corrected chi connectivity index (χ3v) is 3.14. The standard InChI is InChI=1S/C14H20N2O2.ClH/c15-8-13(12-6-7-12)16-14(17)10-18-9-11-4-2-1-3-5-11;/h1-5,12-13H,6-10,15H2,(H,16,17);1H. The van der Waals surface area contributed by atoms with Crippen LogP contribution in [0.1, 0.15) is 18.4 Å². The van der Waals surface area contributed by atoms with Crippen LogP contribution >= 0.6 is 12.4 Å². The number of benzene rings is 1. The van der Waals surface area contributed by atoms with Gasteiger partial charge in [0.2, 0.25) is 5.91 Å². The molecule has 4 nitrogen and oxygen atoms in total. The van der Waals surface area contributed by atoms with E-state index in [1.807, 2.05) is 30.3 Å². The molecular weight excluding hydrogens is 264 g/mol. The van der Waals surface area contributed by atoms with Gasteiger partial charge in [-0.15, -0.1) is 12.4 Å². The molecule has 19 heavy (non-hydrogen) atoms. The van der Waals surface area contributed by atoms with Crippen LogP contribution in [0.15, 0.2) is 30.3 Å². The predicted molar refractivity (Wildman–Crippen MR) is 77.1 cm³/mol. The van der Waals surface area contributed by atoms with Gasteiger partial charge in [0.1, 0.15) is 6.61 Å². The molecule has 0 aliphatic heterocycles. The Hall–Kier alpha value is -1.10. The number of nitrogens with one attached hydrogen (secondary N) is 1. The Morgan fingerprint density at radius 2 is 2.05 bits per heavy atom. The number of nitrogens with two attached hydrogens (primary N) is 1. The summed E-state index contributed by atoms with van der Waals surface area (Å²) >= 11 is 0. The summed E-state index contributed by atoms with van der Waals surface area (Å²) in [6.45, 7) is 1.07. The molecule has 1 fully saturated rings. The second-order valence-corrected chi connectivity index (χ2v) is 4.73. The smallest absolute Gasteiger partial charge is 0.246 e. The fraction of sp³-hybridized carbons (Fsp3) is 0.500. The van der Waals surface area contributed by atoms with Crippen molar-refractivity contribution in [3.63, 3.8) is 0 Å². The molecule has 106 valence electrons. The lowest BCUT2D eigenvalue weighted by Crippen LogP contribution is -2.43. The molecule has 0 radical (unpaired) electrons. The van der Waals surface area contributed by atoms with Gasteiger partial charge in [0.15, 0.2) is 0 Å². The highest BCUT2D eigenvalue weighted by molar-refractivity contribution is 5.85. The molecule has 0 spiro atoms. The fourth-order valence-electron chi connectivity index (χ4n) is 1.95. The van der Waals surface area contributed by atoms with Crippen molar-refractivity contribution in [2.24, 2.45) is 11.7 Å². The molecule has 0 saturated heterocycles. The van der Waals surface area contributed by atoms with Crippen molar-refractivity contribution in [1.29, 1.82) is 0 Å². The Bertz CT molecular complexity index is 382. The summed E-state index contributed by atoms with van der Waals surface area (Å²) in [6, 6.07) is 9.94. The van der Waals surface area contributed by atoms with Crippen molar-refractivity contribution >= 4 is 18.3 Å². The van der Waals surface area contributed by atoms with E-state index in [1.165, 1.54) is 12.8 Å². The average Bonchev–Trinajstić information content (AvgIpc) is 3.21. The normalized spacial score (nSPS) is 15.4. The maximum atomic E-state index is 11.6. The number of hydrogen-bond donors (Lipinski definition) is 2. The maximum absolute atomic E-state index is 11.6. The van der Waals surface area contributed by atoms with Gasteiger partial charge in [-0.2, -0.15) is 0 Å². The summed E-state index contributed by atoms with van der Waals surface area (Å²) in [4.78, 5) is 11.6. The molecule has 0 aromatic heterocycles. The largest absolute Gasteiger partial charge is 0.367 e. The number of ether oxygens (including phenoxy) is 1. The molecule has 1 aromatic carbocycles. The van der Waals surface area contributed by atoms with E-state index in [4.69, 9.17) is 10.5 Å². The number of halogens is 1. The summed E-state index contributed by atoms with van der Waals surface area (Å²) in [5, 5.41) is 2.93. The monoisotopic (exact) mass is 284 g/mol. The summed E-state index contributed by atoms with van der Waals surface area (Å²) in [5.74, 6) is 0.501. The zero-order valence-electron chi connectivity index (χ0n) is 10.9. The Balaban J connectivity index is 0.00000180. The van der Waals surface area contributed by atoms with E-state index < -0.39 is 0 Å². The van der Waals surface area contributed by atoms with Gasteiger partial charge in [-0.25, -0.2) is 0 Å². The van der Waals surface area contributed by atoms with Crippen molar-refractivity contribution in [3.05, 3.63) is 35.9 Å². The van der Waals surface area contributed by atoms with Crippen molar-refractivity contribution in [2.75, 3.05) is 13.2 Å². The van der Waals surface area contributed by atoms with Gasteiger partial charge >= 0.3 is 0 Å². The van der Waals surface area contributed by atoms with Gasteiger partial charge < -0.3 is 15.8 Å². The molecule has 1 aromatic rings. The van der Waals surface area contributed by atoms with E-state index in [2.05, 4.69) is 5.32 Å². The summed E-state index contributed by atoms with van der Waals surface area (Å²) in [5.41, 5.74) is 6.70. The van der Waals surface area contributed by atoms with E-state index in [9.17, 15) is 4.79 Å². The van der Waals surface area contributed by atoms with Gasteiger partial charge in [0.05, 0.1) is 6.61 Å². The fourth-order valence-corrected chi connectivity index (χ4v) is 1.95. The first-order valence-corrected chi connectivity index (χ1v) is 6.40. The summed E-state index contributed by atoms with van der Waals surface area (Å²) < 4.78 is 5.37. The van der Waals surface area contributed by atoms with Gasteiger partial charge in [0.25, 0.3) is 0 Å². The molecule has 1 amide bonds. The van der Waals surface area contributed by atoms with Crippen LogP contribution in [0.2, 0.25) is 0 Å². The highest BCUT2D eigenvalue weighted by Crippen LogP contribution is 2.32. The molecule has 2 rings (SSSR count). The van der Waals surface area contributed by atoms with E-state index in [-0.39, 0.29) is 31.0 Å². The van der Waals surface area contributed by atoms with E-state index in [0.717, 1.165) is 5.56 Å². The molecule has 1 unspecified atom stereocenters. The van der Waals surface area contributed by atoms with Gasteiger partial charge in [0, 0.05) is 12.6 Å². The predicted octanol–water partition coefficient (Wildman–Crippen LogP) is 1.48. The number of rotatable bonds is 7. The minimum absolute atomic E-state index is 0. The van der Waals surface area contributed by atoms with Crippen LogP contribution in [0.25, 0.3) is 0 Å². The molecular formula is C14H21ClN2O2. The quantitative estimate of drug-likeness (QED) is 0.797. The second kappa shape index (κ2) is 8.15.